The van der Waals surface area contributed by atoms with Crippen molar-refractivity contribution in [3.63, 3.8) is 0 Å². The molecule has 0 aliphatic carbocycles. The van der Waals surface area contributed by atoms with E-state index in [9.17, 15) is 23.4 Å². The first-order chi connectivity index (χ1) is 10.6. The molecular formula is C17H24F3NO2. The highest BCUT2D eigenvalue weighted by molar-refractivity contribution is 5.29. The molecule has 1 aliphatic rings. The van der Waals surface area contributed by atoms with Gasteiger partial charge in [0.1, 0.15) is 0 Å². The molecule has 2 N–H and O–H groups in total. The van der Waals surface area contributed by atoms with E-state index in [2.05, 4.69) is 0 Å². The Balaban J connectivity index is 2.05. The highest BCUT2D eigenvalue weighted by Crippen LogP contribution is 2.33. The van der Waals surface area contributed by atoms with Crippen LogP contribution in [0.4, 0.5) is 13.2 Å². The van der Waals surface area contributed by atoms with Gasteiger partial charge in [-0.15, -0.1) is 0 Å². The number of β-amino-alcohol motifs (C(OH)–C–C–N with tert-alkyl or cyclic N) is 1. The van der Waals surface area contributed by atoms with Crippen molar-refractivity contribution in [1.82, 2.24) is 4.90 Å². The summed E-state index contributed by atoms with van der Waals surface area (Å²) in [6, 6.07) is 4.88. The smallest absolute Gasteiger partial charge is 0.393 e. The number of rotatable bonds is 4. The van der Waals surface area contributed by atoms with E-state index in [0.29, 0.717) is 0 Å². The maximum absolute atomic E-state index is 12.8. The van der Waals surface area contributed by atoms with Crippen LogP contribution in [0.25, 0.3) is 0 Å². The Kier molecular flexibility index (Phi) is 5.38. The fourth-order valence-electron chi connectivity index (χ4n) is 3.15. The average molecular weight is 331 g/mol. The van der Waals surface area contributed by atoms with Gasteiger partial charge in [-0.3, -0.25) is 0 Å². The van der Waals surface area contributed by atoms with Crippen LogP contribution >= 0.6 is 0 Å². The highest BCUT2D eigenvalue weighted by atomic mass is 19.4. The van der Waals surface area contributed by atoms with Crippen LogP contribution in [0.15, 0.2) is 24.3 Å². The van der Waals surface area contributed by atoms with Crippen molar-refractivity contribution in [3.8, 4) is 0 Å². The number of piperidine rings is 1. The lowest BCUT2D eigenvalue weighted by atomic mass is 9.89. The number of likely N-dealkylation sites (tertiary alicyclic amines) is 1. The van der Waals surface area contributed by atoms with Crippen LogP contribution in [0.1, 0.15) is 37.8 Å². The Hall–Kier alpha value is -1.11. The summed E-state index contributed by atoms with van der Waals surface area (Å²) < 4.78 is 38.5. The molecule has 2 rings (SSSR count). The van der Waals surface area contributed by atoms with Crippen LogP contribution in [0.5, 0.6) is 0 Å². The lowest BCUT2D eigenvalue weighted by molar-refractivity contribution is -0.137. The van der Waals surface area contributed by atoms with Crippen LogP contribution in [0, 0.1) is 5.92 Å². The van der Waals surface area contributed by atoms with Gasteiger partial charge in [-0.1, -0.05) is 12.1 Å². The van der Waals surface area contributed by atoms with Crippen LogP contribution in [-0.4, -0.2) is 40.9 Å². The van der Waals surface area contributed by atoms with Crippen molar-refractivity contribution in [2.24, 2.45) is 5.92 Å². The van der Waals surface area contributed by atoms with Gasteiger partial charge in [0.25, 0.3) is 0 Å². The average Bonchev–Trinajstić information content (AvgIpc) is 2.46. The number of alkyl halides is 3. The molecule has 0 amide bonds. The molecule has 1 saturated heterocycles. The SMILES string of the molecule is CC(O)C1CCN(CC(C)(O)c2cccc(C(F)(F)F)c2)CC1. The number of aliphatic hydroxyl groups is 2. The summed E-state index contributed by atoms with van der Waals surface area (Å²) >= 11 is 0. The molecular weight excluding hydrogens is 307 g/mol. The molecule has 0 bridgehead atoms. The number of benzene rings is 1. The summed E-state index contributed by atoms with van der Waals surface area (Å²) in [6.07, 6.45) is -3.10. The van der Waals surface area contributed by atoms with Gasteiger partial charge in [0.15, 0.2) is 0 Å². The van der Waals surface area contributed by atoms with Gasteiger partial charge in [-0.05, 0) is 63.4 Å². The largest absolute Gasteiger partial charge is 0.416 e. The minimum Gasteiger partial charge on any atom is -0.393 e. The predicted molar refractivity (Wildman–Crippen MR) is 81.9 cm³/mol. The molecule has 2 unspecified atom stereocenters. The molecule has 0 saturated carbocycles. The van der Waals surface area contributed by atoms with Crippen molar-refractivity contribution in [2.75, 3.05) is 19.6 Å². The molecule has 3 nitrogen and oxygen atoms in total. The minimum absolute atomic E-state index is 0.254. The Labute approximate surface area is 134 Å². The second-order valence-electron chi connectivity index (χ2n) is 6.71. The van der Waals surface area contributed by atoms with Gasteiger partial charge in [-0.2, -0.15) is 13.2 Å². The molecule has 1 aliphatic heterocycles. The normalized spacial score (nSPS) is 21.9. The predicted octanol–water partition coefficient (Wildman–Crippen LogP) is 3.01. The van der Waals surface area contributed by atoms with E-state index in [0.717, 1.165) is 38.1 Å². The van der Waals surface area contributed by atoms with Gasteiger partial charge in [0, 0.05) is 6.54 Å². The topological polar surface area (TPSA) is 43.7 Å². The molecule has 0 spiro atoms. The minimum atomic E-state index is -4.41. The fraction of sp³-hybridized carbons (Fsp3) is 0.647. The van der Waals surface area contributed by atoms with Crippen molar-refractivity contribution in [1.29, 1.82) is 0 Å². The molecule has 130 valence electrons. The van der Waals surface area contributed by atoms with Gasteiger partial charge in [0.05, 0.1) is 17.3 Å². The quantitative estimate of drug-likeness (QED) is 0.891. The summed E-state index contributed by atoms with van der Waals surface area (Å²) in [6.45, 7) is 5.05. The van der Waals surface area contributed by atoms with E-state index in [1.54, 1.807) is 13.8 Å². The zero-order valence-electron chi connectivity index (χ0n) is 13.5. The molecule has 1 heterocycles. The van der Waals surface area contributed by atoms with E-state index in [1.165, 1.54) is 12.1 Å². The third-order valence-corrected chi connectivity index (χ3v) is 4.66. The number of aliphatic hydroxyl groups excluding tert-OH is 1. The fourth-order valence-corrected chi connectivity index (χ4v) is 3.15. The number of hydrogen-bond donors (Lipinski definition) is 2. The number of halogens is 3. The van der Waals surface area contributed by atoms with Crippen molar-refractivity contribution >= 4 is 0 Å². The molecule has 0 radical (unpaired) electrons. The molecule has 0 aromatic heterocycles. The van der Waals surface area contributed by atoms with E-state index >= 15 is 0 Å². The lowest BCUT2D eigenvalue weighted by Gasteiger charge is -2.37. The number of nitrogens with zero attached hydrogens (tertiary/aromatic N) is 1. The summed E-state index contributed by atoms with van der Waals surface area (Å²) in [5.41, 5.74) is -1.83. The highest BCUT2D eigenvalue weighted by Gasteiger charge is 2.34. The molecule has 2 atom stereocenters. The van der Waals surface area contributed by atoms with Crippen molar-refractivity contribution < 1.29 is 23.4 Å². The summed E-state index contributed by atoms with van der Waals surface area (Å²) in [7, 11) is 0. The molecule has 1 aromatic carbocycles. The van der Waals surface area contributed by atoms with Crippen LogP contribution in [-0.2, 0) is 11.8 Å². The molecule has 23 heavy (non-hydrogen) atoms. The van der Waals surface area contributed by atoms with Crippen LogP contribution in [0.2, 0.25) is 0 Å². The maximum Gasteiger partial charge on any atom is 0.416 e. The zero-order valence-corrected chi connectivity index (χ0v) is 13.5. The lowest BCUT2D eigenvalue weighted by Crippen LogP contribution is -2.44. The van der Waals surface area contributed by atoms with Crippen LogP contribution < -0.4 is 0 Å². The van der Waals surface area contributed by atoms with Crippen LogP contribution in [0.3, 0.4) is 0 Å². The maximum atomic E-state index is 12.8. The standard InChI is InChI=1S/C17H24F3NO2/c1-12(22)13-6-8-21(9-7-13)11-16(2,23)14-4-3-5-15(10-14)17(18,19)20/h3-5,10,12-13,22-23H,6-9,11H2,1-2H3. The Morgan fingerprint density at radius 1 is 1.22 bits per heavy atom. The van der Waals surface area contributed by atoms with Crippen molar-refractivity contribution in [2.45, 2.75) is 44.6 Å². The zero-order chi connectivity index (χ0) is 17.3. The Morgan fingerprint density at radius 3 is 2.30 bits per heavy atom. The summed E-state index contributed by atoms with van der Waals surface area (Å²) in [4.78, 5) is 2.04. The van der Waals surface area contributed by atoms with Gasteiger partial charge >= 0.3 is 6.18 Å². The monoisotopic (exact) mass is 331 g/mol. The summed E-state index contributed by atoms with van der Waals surface area (Å²) in [5.74, 6) is 0.254. The first-order valence-corrected chi connectivity index (χ1v) is 7.90. The second kappa shape index (κ2) is 6.79. The Bertz CT molecular complexity index is 521. The Morgan fingerprint density at radius 2 is 1.78 bits per heavy atom. The van der Waals surface area contributed by atoms with E-state index in [1.807, 2.05) is 4.90 Å². The van der Waals surface area contributed by atoms with Gasteiger partial charge in [-0.25, -0.2) is 0 Å². The molecule has 1 aromatic rings. The van der Waals surface area contributed by atoms with Gasteiger partial charge in [0.2, 0.25) is 0 Å². The third kappa shape index (κ3) is 4.68. The summed E-state index contributed by atoms with van der Waals surface area (Å²) in [5, 5.41) is 20.3. The second-order valence-corrected chi connectivity index (χ2v) is 6.71. The number of hydrogen-bond acceptors (Lipinski definition) is 3. The van der Waals surface area contributed by atoms with E-state index in [4.69, 9.17) is 0 Å². The molecule has 1 fully saturated rings. The third-order valence-electron chi connectivity index (χ3n) is 4.66. The van der Waals surface area contributed by atoms with E-state index in [-0.39, 0.29) is 24.1 Å². The van der Waals surface area contributed by atoms with Crippen molar-refractivity contribution in [3.05, 3.63) is 35.4 Å². The molecule has 6 heteroatoms. The van der Waals surface area contributed by atoms with E-state index < -0.39 is 17.3 Å². The van der Waals surface area contributed by atoms with Gasteiger partial charge < -0.3 is 15.1 Å². The first kappa shape index (κ1) is 18.2. The first-order valence-electron chi connectivity index (χ1n) is 7.90.